The minimum atomic E-state index is -0.997. The molecule has 1 aromatic carbocycles. The van der Waals surface area contributed by atoms with Gasteiger partial charge in [0.15, 0.2) is 23.2 Å². The van der Waals surface area contributed by atoms with E-state index in [2.05, 4.69) is 20.3 Å². The van der Waals surface area contributed by atoms with Gasteiger partial charge in [-0.15, -0.1) is 0 Å². The van der Waals surface area contributed by atoms with Gasteiger partial charge in [0.1, 0.15) is 24.6 Å². The van der Waals surface area contributed by atoms with Crippen molar-refractivity contribution >= 4 is 22.9 Å². The number of nitrogens with one attached hydrogen (secondary N) is 1. The summed E-state index contributed by atoms with van der Waals surface area (Å²) >= 11 is 0. The monoisotopic (exact) mass is 413 g/mol. The zero-order valence-electron chi connectivity index (χ0n) is 16.4. The summed E-state index contributed by atoms with van der Waals surface area (Å²) in [7, 11) is 0. The van der Waals surface area contributed by atoms with Gasteiger partial charge in [-0.25, -0.2) is 15.0 Å². The van der Waals surface area contributed by atoms with E-state index in [1.807, 2.05) is 13.0 Å². The number of nitrogens with zero attached hydrogens (tertiary/aromatic N) is 4. The molecule has 10 nitrogen and oxygen atoms in total. The first-order valence-electron chi connectivity index (χ1n) is 9.74. The Kier molecular flexibility index (Phi) is 6.00. The van der Waals surface area contributed by atoms with Crippen LogP contribution in [0.3, 0.4) is 0 Å². The molecule has 3 heterocycles. The van der Waals surface area contributed by atoms with Crippen LogP contribution in [-0.4, -0.2) is 67.2 Å². The van der Waals surface area contributed by atoms with Gasteiger partial charge >= 0.3 is 0 Å². The van der Waals surface area contributed by atoms with Gasteiger partial charge in [0.05, 0.1) is 12.9 Å². The lowest BCUT2D eigenvalue weighted by Gasteiger charge is -2.21. The van der Waals surface area contributed by atoms with Crippen molar-refractivity contribution in [1.29, 1.82) is 0 Å². The summed E-state index contributed by atoms with van der Waals surface area (Å²) < 4.78 is 13.2. The fraction of sp³-hybridized carbons (Fsp3) is 0.400. The molecule has 0 radical (unpaired) electrons. The van der Waals surface area contributed by atoms with Crippen LogP contribution >= 0.6 is 0 Å². The third-order valence-electron chi connectivity index (χ3n) is 4.91. The lowest BCUT2D eigenvalue weighted by atomic mass is 10.1. The highest BCUT2D eigenvalue weighted by Crippen LogP contribution is 2.34. The minimum Gasteiger partial charge on any atom is -0.394 e. The van der Waals surface area contributed by atoms with Crippen molar-refractivity contribution in [2.45, 2.75) is 37.9 Å². The molecule has 3 aromatic rings. The second kappa shape index (κ2) is 8.84. The van der Waals surface area contributed by atoms with Crippen molar-refractivity contribution in [3.05, 3.63) is 48.5 Å². The molecule has 0 saturated carbocycles. The van der Waals surface area contributed by atoms with Crippen LogP contribution in [0.1, 0.15) is 29.9 Å². The third-order valence-corrected chi connectivity index (χ3v) is 4.91. The van der Waals surface area contributed by atoms with Gasteiger partial charge in [0, 0.05) is 12.2 Å². The zero-order chi connectivity index (χ0) is 21.1. The number of carbonyl (C=O) groups excluding carboxylic acids is 1. The van der Waals surface area contributed by atoms with Gasteiger partial charge in [-0.2, -0.15) is 0 Å². The lowest BCUT2D eigenvalue weighted by Crippen LogP contribution is -2.35. The van der Waals surface area contributed by atoms with E-state index in [0.717, 1.165) is 6.42 Å². The van der Waals surface area contributed by atoms with E-state index in [4.69, 9.17) is 9.47 Å². The molecule has 1 aliphatic heterocycles. The quantitative estimate of drug-likeness (QED) is 0.525. The van der Waals surface area contributed by atoms with Crippen molar-refractivity contribution in [3.63, 3.8) is 0 Å². The molecule has 1 fully saturated rings. The number of aliphatic hydroxyl groups is 2. The van der Waals surface area contributed by atoms with Crippen LogP contribution in [-0.2, 0) is 9.47 Å². The fourth-order valence-electron chi connectivity index (χ4n) is 3.43. The second-order valence-corrected chi connectivity index (χ2v) is 6.94. The highest BCUT2D eigenvalue weighted by molar-refractivity contribution is 6.06. The van der Waals surface area contributed by atoms with Gasteiger partial charge < -0.3 is 25.0 Å². The smallest absolute Gasteiger partial charge is 0.256 e. The Morgan fingerprint density at radius 3 is 2.80 bits per heavy atom. The Morgan fingerprint density at radius 2 is 2.07 bits per heavy atom. The molecule has 4 atom stereocenters. The van der Waals surface area contributed by atoms with E-state index in [1.54, 1.807) is 28.8 Å². The van der Waals surface area contributed by atoms with E-state index >= 15 is 0 Å². The molecule has 3 N–H and O–H groups in total. The first-order chi connectivity index (χ1) is 14.6. The van der Waals surface area contributed by atoms with Crippen molar-refractivity contribution < 1.29 is 24.5 Å². The highest BCUT2D eigenvalue weighted by Gasteiger charge is 2.45. The normalized spacial score (nSPS) is 23.7. The number of benzene rings is 1. The fourth-order valence-corrected chi connectivity index (χ4v) is 3.43. The van der Waals surface area contributed by atoms with Gasteiger partial charge in [-0.1, -0.05) is 25.1 Å². The number of carbonyl (C=O) groups is 1. The van der Waals surface area contributed by atoms with Crippen LogP contribution in [0.25, 0.3) is 11.2 Å². The molecule has 1 aliphatic rings. The maximum Gasteiger partial charge on any atom is 0.256 e. The van der Waals surface area contributed by atoms with Crippen LogP contribution in [0.5, 0.6) is 0 Å². The molecule has 0 aliphatic carbocycles. The Bertz CT molecular complexity index is 1010. The summed E-state index contributed by atoms with van der Waals surface area (Å²) in [5.41, 5.74) is 1.28. The summed E-state index contributed by atoms with van der Waals surface area (Å²) in [6.45, 7) is 2.05. The molecule has 0 bridgehead atoms. The summed E-state index contributed by atoms with van der Waals surface area (Å²) in [6, 6.07) is 8.77. The molecule has 0 spiro atoms. The summed E-state index contributed by atoms with van der Waals surface area (Å²) in [5.74, 6) is -0.0573. The van der Waals surface area contributed by atoms with E-state index in [-0.39, 0.29) is 18.3 Å². The van der Waals surface area contributed by atoms with Gasteiger partial charge in [0.2, 0.25) is 0 Å². The molecule has 4 rings (SSSR count). The van der Waals surface area contributed by atoms with E-state index < -0.39 is 24.5 Å². The number of imidazole rings is 1. The number of aromatic nitrogens is 4. The van der Waals surface area contributed by atoms with Crippen molar-refractivity contribution in [2.75, 3.05) is 18.5 Å². The maximum absolute atomic E-state index is 12.5. The largest absolute Gasteiger partial charge is 0.394 e. The molecular weight excluding hydrogens is 390 g/mol. The predicted molar refractivity (Wildman–Crippen MR) is 107 cm³/mol. The summed E-state index contributed by atoms with van der Waals surface area (Å²) in [4.78, 5) is 25.3. The van der Waals surface area contributed by atoms with Gasteiger partial charge in [-0.3, -0.25) is 9.36 Å². The molecule has 1 saturated heterocycles. The Morgan fingerprint density at radius 1 is 1.27 bits per heavy atom. The molecule has 10 heteroatoms. The Hall–Kier alpha value is -2.92. The van der Waals surface area contributed by atoms with Crippen LogP contribution < -0.4 is 5.32 Å². The molecule has 30 heavy (non-hydrogen) atoms. The van der Waals surface area contributed by atoms with Crippen LogP contribution in [0.15, 0.2) is 43.0 Å². The molecule has 0 unspecified atom stereocenters. The lowest BCUT2D eigenvalue weighted by molar-refractivity contribution is -0.0703. The third kappa shape index (κ3) is 3.77. The van der Waals surface area contributed by atoms with Crippen LogP contribution in [0.2, 0.25) is 0 Å². The van der Waals surface area contributed by atoms with Gasteiger partial charge in [-0.05, 0) is 18.6 Å². The average molecular weight is 413 g/mol. The Balaban J connectivity index is 1.65. The second-order valence-electron chi connectivity index (χ2n) is 6.94. The van der Waals surface area contributed by atoms with Gasteiger partial charge in [0.25, 0.3) is 5.91 Å². The summed E-state index contributed by atoms with van der Waals surface area (Å²) in [6.07, 6.45) is 0.367. The number of fused-ring (bicyclic) bond motifs is 1. The average Bonchev–Trinajstić information content (AvgIpc) is 3.34. The number of aliphatic hydroxyl groups excluding tert-OH is 2. The topological polar surface area (TPSA) is 132 Å². The van der Waals surface area contributed by atoms with Crippen LogP contribution in [0, 0.1) is 0 Å². The van der Waals surface area contributed by atoms with Crippen molar-refractivity contribution in [3.8, 4) is 0 Å². The van der Waals surface area contributed by atoms with E-state index in [1.165, 1.54) is 12.7 Å². The number of hydrogen-bond donors (Lipinski definition) is 3. The number of amides is 1. The number of anilines is 1. The first-order valence-corrected chi connectivity index (χ1v) is 9.74. The van der Waals surface area contributed by atoms with Crippen LogP contribution in [0.4, 0.5) is 5.82 Å². The zero-order valence-corrected chi connectivity index (χ0v) is 16.4. The summed E-state index contributed by atoms with van der Waals surface area (Å²) in [5, 5.41) is 22.8. The Labute approximate surface area is 172 Å². The SMILES string of the molecule is CCCO[C@@H]1[C@H](O)[C@@H](CO)O[C@H]1n1cnc2c(NC(=O)c3ccccc3)ncnc21. The van der Waals surface area contributed by atoms with E-state index in [0.29, 0.717) is 23.3 Å². The first kappa shape index (κ1) is 20.4. The predicted octanol–water partition coefficient (Wildman–Crippen LogP) is 1.12. The molecule has 2 aromatic heterocycles. The highest BCUT2D eigenvalue weighted by atomic mass is 16.6. The van der Waals surface area contributed by atoms with Crippen molar-refractivity contribution in [2.24, 2.45) is 0 Å². The van der Waals surface area contributed by atoms with E-state index in [9.17, 15) is 15.0 Å². The number of ether oxygens (including phenoxy) is 2. The molecule has 158 valence electrons. The maximum atomic E-state index is 12.5. The number of rotatable bonds is 7. The number of hydrogen-bond acceptors (Lipinski definition) is 8. The molecular formula is C20H23N5O5. The molecule has 1 amide bonds. The minimum absolute atomic E-state index is 0.260. The standard InChI is InChI=1S/C20H23N5O5/c1-2-8-29-16-15(27)13(9-26)30-20(16)25-11-23-14-17(21-10-22-18(14)25)24-19(28)12-6-4-3-5-7-12/h3-7,10-11,13,15-16,20,26-27H,2,8-9H2,1H3,(H,21,22,24,28)/t13-,15-,16-,20-/m1/s1. The van der Waals surface area contributed by atoms with Crippen molar-refractivity contribution in [1.82, 2.24) is 19.5 Å².